The van der Waals surface area contributed by atoms with Crippen LogP contribution in [0.4, 0.5) is 11.4 Å². The Morgan fingerprint density at radius 1 is 1.19 bits per heavy atom. The zero-order valence-corrected chi connectivity index (χ0v) is 12.6. The van der Waals surface area contributed by atoms with Crippen molar-refractivity contribution < 1.29 is 4.79 Å². The fourth-order valence-corrected chi connectivity index (χ4v) is 3.60. The third-order valence-electron chi connectivity index (χ3n) is 5.01. The number of benzene rings is 1. The third-order valence-corrected chi connectivity index (χ3v) is 5.01. The van der Waals surface area contributed by atoms with E-state index in [4.69, 9.17) is 5.73 Å². The number of amides is 1. The fourth-order valence-electron chi connectivity index (χ4n) is 3.60. The van der Waals surface area contributed by atoms with Gasteiger partial charge < -0.3 is 16.0 Å². The molecule has 1 aliphatic heterocycles. The molecule has 0 atom stereocenters. The van der Waals surface area contributed by atoms with Crippen molar-refractivity contribution in [3.8, 4) is 0 Å². The topological polar surface area (TPSA) is 58.4 Å². The lowest BCUT2D eigenvalue weighted by Crippen LogP contribution is -2.40. The Labute approximate surface area is 126 Å². The highest BCUT2D eigenvalue weighted by molar-refractivity contribution is 5.96. The molecular formula is C17H25N3O. The van der Waals surface area contributed by atoms with Crippen LogP contribution in [0.5, 0.6) is 0 Å². The Bertz CT molecular complexity index is 503. The van der Waals surface area contributed by atoms with Gasteiger partial charge in [-0.25, -0.2) is 0 Å². The number of rotatable bonds is 4. The number of carbonyl (C=O) groups excluding carboxylic acids is 1. The van der Waals surface area contributed by atoms with Crippen molar-refractivity contribution >= 4 is 17.3 Å². The molecule has 2 fully saturated rings. The molecule has 1 aliphatic carbocycles. The molecule has 114 valence electrons. The van der Waals surface area contributed by atoms with Crippen molar-refractivity contribution in [3.63, 3.8) is 0 Å². The Balaban J connectivity index is 1.72. The van der Waals surface area contributed by atoms with E-state index in [1.807, 2.05) is 12.1 Å². The second kappa shape index (κ2) is 6.06. The maximum absolute atomic E-state index is 12.6. The first kappa shape index (κ1) is 14.4. The Kier molecular flexibility index (Phi) is 4.15. The summed E-state index contributed by atoms with van der Waals surface area (Å²) in [5.41, 5.74) is 7.64. The van der Waals surface area contributed by atoms with Crippen molar-refractivity contribution in [2.24, 2.45) is 11.1 Å². The summed E-state index contributed by atoms with van der Waals surface area (Å²) < 4.78 is 0. The first-order valence-electron chi connectivity index (χ1n) is 8.10. The van der Waals surface area contributed by atoms with Crippen LogP contribution >= 0.6 is 0 Å². The molecule has 0 spiro atoms. The number of nitrogens with two attached hydrogens (primary N) is 1. The minimum absolute atomic E-state index is 0.0982. The molecule has 3 rings (SSSR count). The molecule has 1 saturated carbocycles. The van der Waals surface area contributed by atoms with Crippen LogP contribution in [-0.2, 0) is 4.79 Å². The number of nitrogens with zero attached hydrogens (tertiary/aromatic N) is 1. The SMILES string of the molecule is NCC1(C(=O)Nc2cccc(N3CCCC3)c2)CCCC1. The van der Waals surface area contributed by atoms with Crippen molar-refractivity contribution in [1.82, 2.24) is 0 Å². The van der Waals surface area contributed by atoms with Crippen LogP contribution in [0, 0.1) is 5.41 Å². The summed E-state index contributed by atoms with van der Waals surface area (Å²) in [5, 5.41) is 3.09. The predicted molar refractivity (Wildman–Crippen MR) is 86.5 cm³/mol. The molecule has 1 amide bonds. The molecule has 1 aromatic carbocycles. The maximum atomic E-state index is 12.6. The molecule has 4 heteroatoms. The number of hydrogen-bond acceptors (Lipinski definition) is 3. The van der Waals surface area contributed by atoms with Gasteiger partial charge in [-0.15, -0.1) is 0 Å². The van der Waals surface area contributed by atoms with Gasteiger partial charge in [-0.2, -0.15) is 0 Å². The standard InChI is InChI=1S/C17H25N3O/c18-13-17(8-1-2-9-17)16(21)19-14-6-5-7-15(12-14)20-10-3-4-11-20/h5-7,12H,1-4,8-11,13,18H2,(H,19,21). The van der Waals surface area contributed by atoms with Crippen molar-refractivity contribution in [1.29, 1.82) is 0 Å². The zero-order chi connectivity index (χ0) is 14.7. The summed E-state index contributed by atoms with van der Waals surface area (Å²) in [5.74, 6) is 0.0982. The van der Waals surface area contributed by atoms with Gasteiger partial charge in [0, 0.05) is 31.0 Å². The highest BCUT2D eigenvalue weighted by Crippen LogP contribution is 2.38. The molecular weight excluding hydrogens is 262 g/mol. The van der Waals surface area contributed by atoms with Gasteiger partial charge in [-0.05, 0) is 43.9 Å². The molecule has 0 radical (unpaired) electrons. The van der Waals surface area contributed by atoms with E-state index in [0.717, 1.165) is 44.5 Å². The van der Waals surface area contributed by atoms with Crippen molar-refractivity contribution in [2.45, 2.75) is 38.5 Å². The lowest BCUT2D eigenvalue weighted by Gasteiger charge is -2.26. The molecule has 2 aliphatic rings. The first-order chi connectivity index (χ1) is 10.2. The van der Waals surface area contributed by atoms with Gasteiger partial charge in [-0.1, -0.05) is 18.9 Å². The van der Waals surface area contributed by atoms with Gasteiger partial charge >= 0.3 is 0 Å². The van der Waals surface area contributed by atoms with E-state index in [-0.39, 0.29) is 11.3 Å². The average molecular weight is 287 g/mol. The largest absolute Gasteiger partial charge is 0.371 e. The summed E-state index contributed by atoms with van der Waals surface area (Å²) in [6.45, 7) is 2.68. The van der Waals surface area contributed by atoms with E-state index in [0.29, 0.717) is 6.54 Å². The van der Waals surface area contributed by atoms with E-state index < -0.39 is 0 Å². The second-order valence-electron chi connectivity index (χ2n) is 6.39. The summed E-state index contributed by atoms with van der Waals surface area (Å²) in [6.07, 6.45) is 6.57. The van der Waals surface area contributed by atoms with Crippen molar-refractivity contribution in [2.75, 3.05) is 29.9 Å². The molecule has 21 heavy (non-hydrogen) atoms. The highest BCUT2D eigenvalue weighted by Gasteiger charge is 2.39. The molecule has 4 nitrogen and oxygen atoms in total. The molecule has 1 heterocycles. The number of carbonyl (C=O) groups is 1. The second-order valence-corrected chi connectivity index (χ2v) is 6.39. The van der Waals surface area contributed by atoms with Crippen LogP contribution in [0.3, 0.4) is 0 Å². The molecule has 3 N–H and O–H groups in total. The van der Waals surface area contributed by atoms with Gasteiger partial charge in [0.2, 0.25) is 5.91 Å². The van der Waals surface area contributed by atoms with E-state index in [2.05, 4.69) is 22.3 Å². The van der Waals surface area contributed by atoms with Crippen LogP contribution in [0.1, 0.15) is 38.5 Å². The highest BCUT2D eigenvalue weighted by atomic mass is 16.2. The molecule has 0 bridgehead atoms. The quantitative estimate of drug-likeness (QED) is 0.895. The van der Waals surface area contributed by atoms with Crippen LogP contribution in [-0.4, -0.2) is 25.5 Å². The van der Waals surface area contributed by atoms with Gasteiger partial charge in [0.15, 0.2) is 0 Å². The van der Waals surface area contributed by atoms with Gasteiger partial charge in [0.25, 0.3) is 0 Å². The van der Waals surface area contributed by atoms with E-state index >= 15 is 0 Å². The minimum Gasteiger partial charge on any atom is -0.371 e. The number of anilines is 2. The fraction of sp³-hybridized carbons (Fsp3) is 0.588. The molecule has 1 aromatic rings. The normalized spacial score (nSPS) is 20.7. The average Bonchev–Trinajstić information content (AvgIpc) is 3.20. The zero-order valence-electron chi connectivity index (χ0n) is 12.6. The predicted octanol–water partition coefficient (Wildman–Crippen LogP) is 2.74. The maximum Gasteiger partial charge on any atom is 0.231 e. The minimum atomic E-state index is -0.344. The third kappa shape index (κ3) is 2.91. The molecule has 1 saturated heterocycles. The number of hydrogen-bond donors (Lipinski definition) is 2. The van der Waals surface area contributed by atoms with Crippen molar-refractivity contribution in [3.05, 3.63) is 24.3 Å². The first-order valence-corrected chi connectivity index (χ1v) is 8.10. The van der Waals surface area contributed by atoms with Gasteiger partial charge in [0.1, 0.15) is 0 Å². The Hall–Kier alpha value is -1.55. The van der Waals surface area contributed by atoms with Crippen LogP contribution in [0.25, 0.3) is 0 Å². The number of nitrogens with one attached hydrogen (secondary N) is 1. The monoisotopic (exact) mass is 287 g/mol. The molecule has 0 unspecified atom stereocenters. The van der Waals surface area contributed by atoms with Crippen LogP contribution < -0.4 is 16.0 Å². The summed E-state index contributed by atoms with van der Waals surface area (Å²) in [6, 6.07) is 8.20. The van der Waals surface area contributed by atoms with Crippen LogP contribution in [0.15, 0.2) is 24.3 Å². The lowest BCUT2D eigenvalue weighted by atomic mass is 9.85. The van der Waals surface area contributed by atoms with Gasteiger partial charge in [0.05, 0.1) is 5.41 Å². The summed E-state index contributed by atoms with van der Waals surface area (Å²) in [4.78, 5) is 15.0. The van der Waals surface area contributed by atoms with E-state index in [9.17, 15) is 4.79 Å². The van der Waals surface area contributed by atoms with Crippen LogP contribution in [0.2, 0.25) is 0 Å². The molecule has 0 aromatic heterocycles. The summed E-state index contributed by atoms with van der Waals surface area (Å²) in [7, 11) is 0. The van der Waals surface area contributed by atoms with E-state index in [1.165, 1.54) is 18.5 Å². The summed E-state index contributed by atoms with van der Waals surface area (Å²) >= 11 is 0. The Morgan fingerprint density at radius 2 is 1.90 bits per heavy atom. The van der Waals surface area contributed by atoms with Gasteiger partial charge in [-0.3, -0.25) is 4.79 Å². The Morgan fingerprint density at radius 3 is 2.57 bits per heavy atom. The smallest absolute Gasteiger partial charge is 0.231 e. The van der Waals surface area contributed by atoms with E-state index in [1.54, 1.807) is 0 Å². The lowest BCUT2D eigenvalue weighted by molar-refractivity contribution is -0.124.